The quantitative estimate of drug-likeness (QED) is 0.347. The Kier molecular flexibility index (Phi) is 5.51. The molecule has 0 amide bonds. The molecule has 0 spiro atoms. The summed E-state index contributed by atoms with van der Waals surface area (Å²) >= 11 is 18.4. The summed E-state index contributed by atoms with van der Waals surface area (Å²) in [6, 6.07) is 21.8. The molecular weight excluding hydrogens is 463 g/mol. The van der Waals surface area contributed by atoms with Crippen LogP contribution < -0.4 is 10.2 Å². The zero-order valence-electron chi connectivity index (χ0n) is 16.7. The Balaban J connectivity index is 1.70. The normalized spacial score (nSPS) is 18.1. The van der Waals surface area contributed by atoms with E-state index >= 15 is 0 Å². The largest absolute Gasteiger partial charge is 0.506 e. The van der Waals surface area contributed by atoms with Crippen molar-refractivity contribution in [1.29, 1.82) is 0 Å². The second-order valence-electron chi connectivity index (χ2n) is 7.38. The van der Waals surface area contributed by atoms with Gasteiger partial charge in [-0.05, 0) is 66.8 Å². The minimum Gasteiger partial charge on any atom is -0.506 e. The Labute approximate surface area is 200 Å². The van der Waals surface area contributed by atoms with Crippen molar-refractivity contribution in [2.24, 2.45) is 0 Å². The molecule has 3 heterocycles. The third-order valence-electron chi connectivity index (χ3n) is 5.49. The van der Waals surface area contributed by atoms with Gasteiger partial charge in [-0.2, -0.15) is 0 Å². The summed E-state index contributed by atoms with van der Waals surface area (Å²) in [5.41, 5.74) is 3.18. The number of para-hydroxylation sites is 2. The van der Waals surface area contributed by atoms with Gasteiger partial charge >= 0.3 is 0 Å². The number of thiocarbonyl (C=S) groups is 1. The number of nitrogens with zero attached hydrogens (tertiary/aromatic N) is 3. The van der Waals surface area contributed by atoms with Gasteiger partial charge in [-0.25, -0.2) is 0 Å². The van der Waals surface area contributed by atoms with E-state index in [2.05, 4.69) is 10.3 Å². The average molecular weight is 481 g/mol. The van der Waals surface area contributed by atoms with E-state index in [0.717, 1.165) is 17.1 Å². The van der Waals surface area contributed by atoms with E-state index in [4.69, 9.17) is 35.4 Å². The predicted octanol–water partition coefficient (Wildman–Crippen LogP) is 6.06. The van der Waals surface area contributed by atoms with Crippen molar-refractivity contribution in [3.63, 3.8) is 0 Å². The molecule has 5 nitrogen and oxygen atoms in total. The van der Waals surface area contributed by atoms with Crippen LogP contribution >= 0.6 is 35.4 Å². The maximum absolute atomic E-state index is 10.6. The van der Waals surface area contributed by atoms with Crippen LogP contribution in [0.25, 0.3) is 5.69 Å². The average Bonchev–Trinajstić information content (AvgIpc) is 3.39. The molecule has 0 aliphatic carbocycles. The molecule has 0 saturated carbocycles. The van der Waals surface area contributed by atoms with Crippen molar-refractivity contribution in [1.82, 2.24) is 14.9 Å². The van der Waals surface area contributed by atoms with E-state index in [9.17, 15) is 5.11 Å². The maximum atomic E-state index is 10.6. The Morgan fingerprint density at radius 2 is 1.75 bits per heavy atom. The number of rotatable bonds is 4. The summed E-state index contributed by atoms with van der Waals surface area (Å²) in [6.07, 6.45) is 3.71. The summed E-state index contributed by atoms with van der Waals surface area (Å²) in [5, 5.41) is 15.6. The smallest absolute Gasteiger partial charge is 0.174 e. The van der Waals surface area contributed by atoms with E-state index in [-0.39, 0.29) is 17.8 Å². The minimum absolute atomic E-state index is 0.144. The Hall–Kier alpha value is -3.06. The van der Waals surface area contributed by atoms with Gasteiger partial charge in [0.05, 0.1) is 28.1 Å². The van der Waals surface area contributed by atoms with Crippen LogP contribution in [-0.4, -0.2) is 19.8 Å². The molecule has 2 atom stereocenters. The molecule has 160 valence electrons. The Morgan fingerprint density at radius 1 is 0.938 bits per heavy atom. The van der Waals surface area contributed by atoms with Gasteiger partial charge in [0.25, 0.3) is 0 Å². The summed E-state index contributed by atoms with van der Waals surface area (Å²) in [5.74, 6) is 0.144. The van der Waals surface area contributed by atoms with Gasteiger partial charge in [-0.3, -0.25) is 4.98 Å². The molecule has 5 rings (SSSR count). The van der Waals surface area contributed by atoms with Crippen molar-refractivity contribution in [3.8, 4) is 11.4 Å². The fourth-order valence-electron chi connectivity index (χ4n) is 4.11. The molecule has 1 fully saturated rings. The van der Waals surface area contributed by atoms with Gasteiger partial charge < -0.3 is 19.9 Å². The highest BCUT2D eigenvalue weighted by Gasteiger charge is 2.43. The summed E-state index contributed by atoms with van der Waals surface area (Å²) in [7, 11) is 0. The molecule has 0 bridgehead atoms. The lowest BCUT2D eigenvalue weighted by atomic mass is 10.0. The van der Waals surface area contributed by atoms with Gasteiger partial charge in [0.2, 0.25) is 0 Å². The summed E-state index contributed by atoms with van der Waals surface area (Å²) in [4.78, 5) is 6.50. The first-order chi connectivity index (χ1) is 15.5. The summed E-state index contributed by atoms with van der Waals surface area (Å²) < 4.78 is 2.02. The number of aromatic nitrogens is 2. The first kappa shape index (κ1) is 20.8. The van der Waals surface area contributed by atoms with Crippen LogP contribution in [0, 0.1) is 0 Å². The molecule has 2 N–H and O–H groups in total. The zero-order chi connectivity index (χ0) is 22.2. The minimum atomic E-state index is -0.299. The van der Waals surface area contributed by atoms with Crippen molar-refractivity contribution in [2.75, 3.05) is 4.90 Å². The van der Waals surface area contributed by atoms with Crippen molar-refractivity contribution < 1.29 is 5.11 Å². The number of halogens is 2. The van der Waals surface area contributed by atoms with E-state index < -0.39 is 0 Å². The summed E-state index contributed by atoms with van der Waals surface area (Å²) in [6.45, 7) is 0. The fourth-order valence-corrected chi connectivity index (χ4v) is 4.95. The number of anilines is 1. The molecule has 4 aromatic rings. The van der Waals surface area contributed by atoms with Crippen LogP contribution in [0.5, 0.6) is 5.75 Å². The highest BCUT2D eigenvalue weighted by atomic mass is 35.5. The van der Waals surface area contributed by atoms with Gasteiger partial charge in [-0.1, -0.05) is 41.4 Å². The topological polar surface area (TPSA) is 53.3 Å². The lowest BCUT2D eigenvalue weighted by molar-refractivity contribution is 0.472. The molecule has 2 unspecified atom stereocenters. The molecule has 1 aliphatic heterocycles. The standard InChI is InChI=1S/C24H18Cl2N4OS/c25-15-10-11-18(16(26)14-15)29-13-5-8-20(29)23-22(17-6-3-4-12-27-17)28-24(32)30(23)19-7-1-2-9-21(19)31/h1-14,22-23,31H,(H,28,32). The molecule has 1 aliphatic rings. The van der Waals surface area contributed by atoms with Gasteiger partial charge in [0, 0.05) is 23.1 Å². The van der Waals surface area contributed by atoms with Gasteiger partial charge in [0.15, 0.2) is 5.11 Å². The second kappa shape index (κ2) is 8.47. The molecule has 0 radical (unpaired) electrons. The lowest BCUT2D eigenvalue weighted by Gasteiger charge is -2.29. The third kappa shape index (κ3) is 3.60. The van der Waals surface area contributed by atoms with Crippen LogP contribution in [0.2, 0.25) is 10.0 Å². The van der Waals surface area contributed by atoms with Crippen molar-refractivity contribution in [2.45, 2.75) is 12.1 Å². The molecule has 1 saturated heterocycles. The third-order valence-corrected chi connectivity index (χ3v) is 6.34. The first-order valence-corrected chi connectivity index (χ1v) is 11.1. The van der Waals surface area contributed by atoms with Crippen molar-refractivity contribution in [3.05, 3.63) is 107 Å². The van der Waals surface area contributed by atoms with Crippen LogP contribution in [0.4, 0.5) is 5.69 Å². The number of phenols is 1. The van der Waals surface area contributed by atoms with Gasteiger partial charge in [-0.15, -0.1) is 0 Å². The van der Waals surface area contributed by atoms with E-state index in [0.29, 0.717) is 20.8 Å². The number of hydrogen-bond acceptors (Lipinski definition) is 3. The first-order valence-electron chi connectivity index (χ1n) is 9.96. The number of hydrogen-bond donors (Lipinski definition) is 2. The molecule has 32 heavy (non-hydrogen) atoms. The molecule has 2 aromatic carbocycles. The number of phenolic OH excluding ortho intramolecular Hbond substituents is 1. The SMILES string of the molecule is Oc1ccccc1N1C(=S)NC(c2ccccn2)C1c1cccn1-c1ccc(Cl)cc1Cl. The highest BCUT2D eigenvalue weighted by molar-refractivity contribution is 7.80. The molecular formula is C24H18Cl2N4OS. The number of aromatic hydroxyl groups is 1. The Bertz CT molecular complexity index is 1290. The van der Waals surface area contributed by atoms with Crippen LogP contribution in [0.1, 0.15) is 23.5 Å². The lowest BCUT2D eigenvalue weighted by Crippen LogP contribution is -2.30. The van der Waals surface area contributed by atoms with Crippen molar-refractivity contribution >= 4 is 46.2 Å². The van der Waals surface area contributed by atoms with E-state index in [1.54, 1.807) is 30.5 Å². The highest BCUT2D eigenvalue weighted by Crippen LogP contribution is 2.45. The number of benzene rings is 2. The van der Waals surface area contributed by atoms with Crippen LogP contribution in [-0.2, 0) is 0 Å². The van der Waals surface area contributed by atoms with Gasteiger partial charge in [0.1, 0.15) is 11.8 Å². The fraction of sp³-hybridized carbons (Fsp3) is 0.0833. The number of pyridine rings is 1. The zero-order valence-corrected chi connectivity index (χ0v) is 19.0. The molecule has 8 heteroatoms. The van der Waals surface area contributed by atoms with E-state index in [1.165, 1.54) is 0 Å². The second-order valence-corrected chi connectivity index (χ2v) is 8.61. The maximum Gasteiger partial charge on any atom is 0.174 e. The van der Waals surface area contributed by atoms with Crippen LogP contribution in [0.3, 0.4) is 0 Å². The van der Waals surface area contributed by atoms with Crippen LogP contribution in [0.15, 0.2) is 85.2 Å². The number of nitrogens with one attached hydrogen (secondary N) is 1. The Morgan fingerprint density at radius 3 is 2.50 bits per heavy atom. The molecule has 2 aromatic heterocycles. The monoisotopic (exact) mass is 480 g/mol. The predicted molar refractivity (Wildman–Crippen MR) is 132 cm³/mol. The van der Waals surface area contributed by atoms with E-state index in [1.807, 2.05) is 64.2 Å².